The molecule has 1 heterocycles. The molecule has 2 atom stereocenters. The molecule has 1 saturated heterocycles. The zero-order valence-corrected chi connectivity index (χ0v) is 12.2. The molecule has 102 valence electrons. The number of carbonyl (C=O) groups is 1. The molecule has 4 heteroatoms. The highest BCUT2D eigenvalue weighted by molar-refractivity contribution is 8.00. The summed E-state index contributed by atoms with van der Waals surface area (Å²) in [5.41, 5.74) is 7.39. The maximum Gasteiger partial charge on any atom is 0.246 e. The fraction of sp³-hybridized carbons (Fsp3) is 0.400. The standard InChI is InChI=1S/C15H20N2OS/c1-11-9-17(10-12(2)19-11)15(18)7-6-13-4-3-5-14(16)8-13/h3-8,11-12H,9-10,16H2,1-2H3/b7-6+. The molecule has 0 radical (unpaired) electrons. The summed E-state index contributed by atoms with van der Waals surface area (Å²) in [6.45, 7) is 5.99. The second kappa shape index (κ2) is 6.15. The molecule has 19 heavy (non-hydrogen) atoms. The Hall–Kier alpha value is -1.42. The lowest BCUT2D eigenvalue weighted by Gasteiger charge is -2.33. The van der Waals surface area contributed by atoms with E-state index in [-0.39, 0.29) is 5.91 Å². The number of hydrogen-bond acceptors (Lipinski definition) is 3. The zero-order chi connectivity index (χ0) is 13.8. The predicted molar refractivity (Wildman–Crippen MR) is 83.0 cm³/mol. The number of benzene rings is 1. The monoisotopic (exact) mass is 276 g/mol. The summed E-state index contributed by atoms with van der Waals surface area (Å²) in [7, 11) is 0. The Morgan fingerprint density at radius 1 is 1.37 bits per heavy atom. The molecule has 1 aliphatic rings. The first-order valence-corrected chi connectivity index (χ1v) is 7.47. The minimum absolute atomic E-state index is 0.0847. The van der Waals surface area contributed by atoms with E-state index in [1.807, 2.05) is 47.0 Å². The van der Waals surface area contributed by atoms with Gasteiger partial charge in [0.15, 0.2) is 0 Å². The summed E-state index contributed by atoms with van der Waals surface area (Å²) in [4.78, 5) is 14.1. The van der Waals surface area contributed by atoms with Gasteiger partial charge in [-0.25, -0.2) is 0 Å². The Kier molecular flexibility index (Phi) is 4.53. The van der Waals surface area contributed by atoms with Gasteiger partial charge < -0.3 is 10.6 Å². The molecular weight excluding hydrogens is 256 g/mol. The van der Waals surface area contributed by atoms with Crippen molar-refractivity contribution in [2.24, 2.45) is 0 Å². The minimum atomic E-state index is 0.0847. The molecule has 0 aromatic heterocycles. The highest BCUT2D eigenvalue weighted by atomic mass is 32.2. The molecule has 1 aliphatic heterocycles. The van der Waals surface area contributed by atoms with Gasteiger partial charge in [0.05, 0.1) is 0 Å². The third-order valence-corrected chi connectivity index (χ3v) is 4.29. The van der Waals surface area contributed by atoms with Crippen molar-refractivity contribution < 1.29 is 4.79 Å². The van der Waals surface area contributed by atoms with Crippen LogP contribution >= 0.6 is 11.8 Å². The van der Waals surface area contributed by atoms with Crippen LogP contribution in [-0.2, 0) is 4.79 Å². The van der Waals surface area contributed by atoms with E-state index in [9.17, 15) is 4.79 Å². The molecule has 0 spiro atoms. The van der Waals surface area contributed by atoms with Gasteiger partial charge in [0.1, 0.15) is 0 Å². The smallest absolute Gasteiger partial charge is 0.246 e. The lowest BCUT2D eigenvalue weighted by atomic mass is 10.2. The van der Waals surface area contributed by atoms with Crippen LogP contribution in [0, 0.1) is 0 Å². The Balaban J connectivity index is 2.00. The van der Waals surface area contributed by atoms with Crippen LogP contribution in [0.5, 0.6) is 0 Å². The molecule has 1 amide bonds. The minimum Gasteiger partial charge on any atom is -0.399 e. The number of nitrogen functional groups attached to an aromatic ring is 1. The second-order valence-electron chi connectivity index (χ2n) is 5.00. The quantitative estimate of drug-likeness (QED) is 0.667. The first-order chi connectivity index (χ1) is 9.04. The van der Waals surface area contributed by atoms with Crippen LogP contribution in [0.4, 0.5) is 5.69 Å². The maximum absolute atomic E-state index is 12.1. The van der Waals surface area contributed by atoms with E-state index in [0.717, 1.165) is 18.7 Å². The normalized spacial score (nSPS) is 23.8. The van der Waals surface area contributed by atoms with E-state index in [4.69, 9.17) is 5.73 Å². The number of anilines is 1. The van der Waals surface area contributed by atoms with Crippen LogP contribution in [0.25, 0.3) is 6.08 Å². The zero-order valence-electron chi connectivity index (χ0n) is 11.4. The van der Waals surface area contributed by atoms with Gasteiger partial charge in [0.25, 0.3) is 0 Å². The second-order valence-corrected chi connectivity index (χ2v) is 6.89. The van der Waals surface area contributed by atoms with E-state index in [0.29, 0.717) is 16.2 Å². The third kappa shape index (κ3) is 4.03. The molecule has 1 fully saturated rings. The molecule has 2 N–H and O–H groups in total. The van der Waals surface area contributed by atoms with Gasteiger partial charge in [-0.3, -0.25) is 4.79 Å². The van der Waals surface area contributed by atoms with Gasteiger partial charge in [-0.2, -0.15) is 11.8 Å². The molecule has 0 bridgehead atoms. The molecular formula is C15H20N2OS. The number of amides is 1. The first-order valence-electron chi connectivity index (χ1n) is 6.52. The van der Waals surface area contributed by atoms with Crippen LogP contribution in [0.15, 0.2) is 30.3 Å². The Bertz CT molecular complexity index is 477. The fourth-order valence-corrected chi connectivity index (χ4v) is 3.62. The van der Waals surface area contributed by atoms with Crippen molar-refractivity contribution in [2.75, 3.05) is 18.8 Å². The molecule has 0 saturated carbocycles. The van der Waals surface area contributed by atoms with E-state index >= 15 is 0 Å². The molecule has 2 unspecified atom stereocenters. The van der Waals surface area contributed by atoms with Crippen molar-refractivity contribution in [1.29, 1.82) is 0 Å². The van der Waals surface area contributed by atoms with Crippen molar-refractivity contribution >= 4 is 29.4 Å². The van der Waals surface area contributed by atoms with Crippen molar-refractivity contribution in [1.82, 2.24) is 4.90 Å². The van der Waals surface area contributed by atoms with Gasteiger partial charge in [-0.1, -0.05) is 26.0 Å². The topological polar surface area (TPSA) is 46.3 Å². The van der Waals surface area contributed by atoms with Crippen molar-refractivity contribution in [3.8, 4) is 0 Å². The van der Waals surface area contributed by atoms with E-state index < -0.39 is 0 Å². The average Bonchev–Trinajstić information content (AvgIpc) is 2.35. The lowest BCUT2D eigenvalue weighted by molar-refractivity contribution is -0.126. The first kappa shape index (κ1) is 14.0. The van der Waals surface area contributed by atoms with Crippen LogP contribution in [0.1, 0.15) is 19.4 Å². The van der Waals surface area contributed by atoms with Gasteiger partial charge in [-0.15, -0.1) is 0 Å². The summed E-state index contributed by atoms with van der Waals surface area (Å²) >= 11 is 1.94. The molecule has 1 aromatic carbocycles. The van der Waals surface area contributed by atoms with E-state index in [2.05, 4.69) is 13.8 Å². The Labute approximate surface area is 118 Å². The number of nitrogens with two attached hydrogens (primary N) is 1. The third-order valence-electron chi connectivity index (χ3n) is 3.06. The fourth-order valence-electron chi connectivity index (χ4n) is 2.29. The van der Waals surface area contributed by atoms with Crippen molar-refractivity contribution in [3.05, 3.63) is 35.9 Å². The molecule has 2 rings (SSSR count). The average molecular weight is 276 g/mol. The summed E-state index contributed by atoms with van der Waals surface area (Å²) in [6.07, 6.45) is 3.47. The van der Waals surface area contributed by atoms with Crippen LogP contribution in [0.3, 0.4) is 0 Å². The molecule has 1 aromatic rings. The number of rotatable bonds is 2. The van der Waals surface area contributed by atoms with Gasteiger partial charge in [0, 0.05) is 35.4 Å². The molecule has 3 nitrogen and oxygen atoms in total. The Morgan fingerprint density at radius 3 is 2.68 bits per heavy atom. The largest absolute Gasteiger partial charge is 0.399 e. The number of thioether (sulfide) groups is 1. The number of carbonyl (C=O) groups excluding carboxylic acids is 1. The van der Waals surface area contributed by atoms with Gasteiger partial charge in [0.2, 0.25) is 5.91 Å². The van der Waals surface area contributed by atoms with Gasteiger partial charge in [-0.05, 0) is 23.8 Å². The summed E-state index contributed by atoms with van der Waals surface area (Å²) in [6, 6.07) is 7.53. The number of nitrogens with zero attached hydrogens (tertiary/aromatic N) is 1. The van der Waals surface area contributed by atoms with Crippen LogP contribution in [0.2, 0.25) is 0 Å². The summed E-state index contributed by atoms with van der Waals surface area (Å²) in [5, 5.41) is 1.02. The summed E-state index contributed by atoms with van der Waals surface area (Å²) < 4.78 is 0. The highest BCUT2D eigenvalue weighted by Crippen LogP contribution is 2.24. The van der Waals surface area contributed by atoms with Crippen molar-refractivity contribution in [2.45, 2.75) is 24.3 Å². The molecule has 0 aliphatic carbocycles. The summed E-state index contributed by atoms with van der Waals surface area (Å²) in [5.74, 6) is 0.0847. The highest BCUT2D eigenvalue weighted by Gasteiger charge is 2.24. The van der Waals surface area contributed by atoms with E-state index in [1.165, 1.54) is 0 Å². The maximum atomic E-state index is 12.1. The Morgan fingerprint density at radius 2 is 2.05 bits per heavy atom. The van der Waals surface area contributed by atoms with E-state index in [1.54, 1.807) is 6.08 Å². The van der Waals surface area contributed by atoms with Gasteiger partial charge >= 0.3 is 0 Å². The SMILES string of the molecule is CC1CN(C(=O)/C=C/c2cccc(N)c2)CC(C)S1. The van der Waals surface area contributed by atoms with Crippen LogP contribution < -0.4 is 5.73 Å². The number of hydrogen-bond donors (Lipinski definition) is 1. The van der Waals surface area contributed by atoms with Crippen molar-refractivity contribution in [3.63, 3.8) is 0 Å². The predicted octanol–water partition coefficient (Wildman–Crippen LogP) is 2.63. The lowest BCUT2D eigenvalue weighted by Crippen LogP contribution is -2.43. The van der Waals surface area contributed by atoms with Crippen LogP contribution in [-0.4, -0.2) is 34.4 Å².